The summed E-state index contributed by atoms with van der Waals surface area (Å²) in [6, 6.07) is 0. The number of hydrogen-bond donors (Lipinski definition) is 1. The monoisotopic (exact) mass is 173 g/mol. The summed E-state index contributed by atoms with van der Waals surface area (Å²) in [5, 5.41) is 0. The Hall–Kier alpha value is -0.0800. The van der Waals surface area contributed by atoms with Gasteiger partial charge in [-0.1, -0.05) is 33.1 Å². The molecule has 2 nitrogen and oxygen atoms in total. The zero-order valence-corrected chi connectivity index (χ0v) is 8.68. The first-order valence-corrected chi connectivity index (χ1v) is 5.11. The molecule has 0 saturated carbocycles. The molecule has 0 amide bonds. The molecule has 0 saturated heterocycles. The zero-order chi connectivity index (χ0) is 9.40. The average molecular weight is 173 g/mol. The van der Waals surface area contributed by atoms with Crippen molar-refractivity contribution in [2.75, 3.05) is 0 Å². The van der Waals surface area contributed by atoms with Crippen LogP contribution in [-0.4, -0.2) is 12.3 Å². The van der Waals surface area contributed by atoms with Gasteiger partial charge in [-0.25, -0.2) is 0 Å². The van der Waals surface area contributed by atoms with Crippen LogP contribution in [0.2, 0.25) is 0 Å². The fourth-order valence-corrected chi connectivity index (χ4v) is 1.21. The summed E-state index contributed by atoms with van der Waals surface area (Å²) in [6.45, 7) is 6.42. The summed E-state index contributed by atoms with van der Waals surface area (Å²) in [5.74, 6) is 0. The molecule has 0 aromatic carbocycles. The topological polar surface area (TPSA) is 35.2 Å². The van der Waals surface area contributed by atoms with Gasteiger partial charge in [-0.15, -0.1) is 0 Å². The maximum atomic E-state index is 5.73. The molecule has 74 valence electrons. The summed E-state index contributed by atoms with van der Waals surface area (Å²) in [7, 11) is 0. The van der Waals surface area contributed by atoms with Crippen molar-refractivity contribution in [3.8, 4) is 0 Å². The maximum absolute atomic E-state index is 5.73. The molecule has 0 heterocycles. The quantitative estimate of drug-likeness (QED) is 0.601. The van der Waals surface area contributed by atoms with Crippen LogP contribution in [0.1, 0.15) is 52.9 Å². The van der Waals surface area contributed by atoms with E-state index >= 15 is 0 Å². The summed E-state index contributed by atoms with van der Waals surface area (Å²) >= 11 is 0. The third kappa shape index (κ3) is 6.62. The molecule has 2 unspecified atom stereocenters. The first-order chi connectivity index (χ1) is 5.70. The minimum absolute atomic E-state index is 0.0538. The Morgan fingerprint density at radius 3 is 2.33 bits per heavy atom. The molecule has 0 aromatic heterocycles. The van der Waals surface area contributed by atoms with Crippen molar-refractivity contribution < 1.29 is 4.74 Å². The number of rotatable bonds is 7. The van der Waals surface area contributed by atoms with Crippen molar-refractivity contribution in [2.45, 2.75) is 65.2 Å². The lowest BCUT2D eigenvalue weighted by atomic mass is 10.2. The molecule has 2 atom stereocenters. The Balaban J connectivity index is 3.33. The number of ether oxygens (including phenoxy) is 1. The van der Waals surface area contributed by atoms with Gasteiger partial charge in [0.25, 0.3) is 0 Å². The van der Waals surface area contributed by atoms with Crippen LogP contribution in [0.5, 0.6) is 0 Å². The van der Waals surface area contributed by atoms with Crippen LogP contribution in [-0.2, 0) is 4.74 Å². The van der Waals surface area contributed by atoms with Gasteiger partial charge in [-0.3, -0.25) is 0 Å². The van der Waals surface area contributed by atoms with Crippen LogP contribution in [0, 0.1) is 0 Å². The van der Waals surface area contributed by atoms with Crippen molar-refractivity contribution in [3.63, 3.8) is 0 Å². The third-order valence-corrected chi connectivity index (χ3v) is 1.94. The normalized spacial score (nSPS) is 16.0. The Morgan fingerprint density at radius 1 is 1.17 bits per heavy atom. The Bertz CT molecular complexity index is 95.8. The van der Waals surface area contributed by atoms with Gasteiger partial charge in [0.2, 0.25) is 0 Å². The molecule has 0 aromatic rings. The van der Waals surface area contributed by atoms with E-state index in [-0.39, 0.29) is 6.23 Å². The highest BCUT2D eigenvalue weighted by Crippen LogP contribution is 2.07. The second-order valence-electron chi connectivity index (χ2n) is 3.42. The maximum Gasteiger partial charge on any atom is 0.105 e. The highest BCUT2D eigenvalue weighted by molar-refractivity contribution is 4.54. The molecule has 0 rings (SSSR count). The van der Waals surface area contributed by atoms with E-state index in [0.29, 0.717) is 6.10 Å². The average Bonchev–Trinajstić information content (AvgIpc) is 2.01. The minimum Gasteiger partial charge on any atom is -0.361 e. The van der Waals surface area contributed by atoms with E-state index in [0.717, 1.165) is 19.3 Å². The Labute approximate surface area is 76.5 Å². The molecule has 0 spiro atoms. The summed E-state index contributed by atoms with van der Waals surface area (Å²) < 4.78 is 5.57. The van der Waals surface area contributed by atoms with Crippen LogP contribution >= 0.6 is 0 Å². The van der Waals surface area contributed by atoms with Crippen molar-refractivity contribution >= 4 is 0 Å². The SMILES string of the molecule is CCCCC(C)OC(N)CCC. The first kappa shape index (κ1) is 11.9. The van der Waals surface area contributed by atoms with E-state index in [1.54, 1.807) is 0 Å². The number of unbranched alkanes of at least 4 members (excludes halogenated alkanes) is 1. The predicted molar refractivity (Wildman–Crippen MR) is 53.0 cm³/mol. The van der Waals surface area contributed by atoms with Crippen molar-refractivity contribution in [3.05, 3.63) is 0 Å². The lowest BCUT2D eigenvalue weighted by molar-refractivity contribution is -0.00793. The zero-order valence-electron chi connectivity index (χ0n) is 8.68. The molecular formula is C10H23NO. The predicted octanol–water partition coefficient (Wildman–Crippen LogP) is 2.67. The molecule has 0 radical (unpaired) electrons. The van der Waals surface area contributed by atoms with Crippen LogP contribution < -0.4 is 5.73 Å². The van der Waals surface area contributed by atoms with E-state index < -0.39 is 0 Å². The molecule has 0 fully saturated rings. The highest BCUT2D eigenvalue weighted by Gasteiger charge is 2.06. The largest absolute Gasteiger partial charge is 0.361 e. The molecule has 0 aliphatic heterocycles. The molecule has 2 N–H and O–H groups in total. The summed E-state index contributed by atoms with van der Waals surface area (Å²) in [4.78, 5) is 0. The minimum atomic E-state index is -0.0538. The lowest BCUT2D eigenvalue weighted by Crippen LogP contribution is -2.27. The van der Waals surface area contributed by atoms with Crippen LogP contribution in [0.4, 0.5) is 0 Å². The van der Waals surface area contributed by atoms with Gasteiger partial charge in [-0.2, -0.15) is 0 Å². The first-order valence-electron chi connectivity index (χ1n) is 5.11. The lowest BCUT2D eigenvalue weighted by Gasteiger charge is -2.18. The summed E-state index contributed by atoms with van der Waals surface area (Å²) in [5.41, 5.74) is 5.73. The highest BCUT2D eigenvalue weighted by atomic mass is 16.5. The molecular weight excluding hydrogens is 150 g/mol. The van der Waals surface area contributed by atoms with E-state index in [1.165, 1.54) is 12.8 Å². The fraction of sp³-hybridized carbons (Fsp3) is 1.00. The third-order valence-electron chi connectivity index (χ3n) is 1.94. The Kier molecular flexibility index (Phi) is 7.51. The molecule has 2 heteroatoms. The summed E-state index contributed by atoms with van der Waals surface area (Å²) in [6.07, 6.45) is 5.94. The molecule has 12 heavy (non-hydrogen) atoms. The number of nitrogens with two attached hydrogens (primary N) is 1. The van der Waals surface area contributed by atoms with Gasteiger partial charge in [0.1, 0.15) is 6.23 Å². The van der Waals surface area contributed by atoms with Gasteiger partial charge in [0.15, 0.2) is 0 Å². The fourth-order valence-electron chi connectivity index (χ4n) is 1.21. The van der Waals surface area contributed by atoms with Crippen LogP contribution in [0.25, 0.3) is 0 Å². The number of hydrogen-bond acceptors (Lipinski definition) is 2. The van der Waals surface area contributed by atoms with Gasteiger partial charge in [0.05, 0.1) is 6.10 Å². The van der Waals surface area contributed by atoms with Crippen molar-refractivity contribution in [1.82, 2.24) is 0 Å². The second-order valence-corrected chi connectivity index (χ2v) is 3.42. The molecule has 0 bridgehead atoms. The smallest absolute Gasteiger partial charge is 0.105 e. The van der Waals surface area contributed by atoms with E-state index in [4.69, 9.17) is 10.5 Å². The van der Waals surface area contributed by atoms with E-state index in [1.807, 2.05) is 0 Å². The van der Waals surface area contributed by atoms with Crippen molar-refractivity contribution in [1.29, 1.82) is 0 Å². The van der Waals surface area contributed by atoms with Crippen LogP contribution in [0.3, 0.4) is 0 Å². The van der Waals surface area contributed by atoms with Gasteiger partial charge in [0, 0.05) is 0 Å². The van der Waals surface area contributed by atoms with Crippen molar-refractivity contribution in [2.24, 2.45) is 5.73 Å². The van der Waals surface area contributed by atoms with Gasteiger partial charge >= 0.3 is 0 Å². The van der Waals surface area contributed by atoms with Crippen LogP contribution in [0.15, 0.2) is 0 Å². The molecule has 0 aliphatic carbocycles. The Morgan fingerprint density at radius 2 is 1.83 bits per heavy atom. The second kappa shape index (κ2) is 7.56. The van der Waals surface area contributed by atoms with E-state index in [2.05, 4.69) is 20.8 Å². The van der Waals surface area contributed by atoms with Gasteiger partial charge < -0.3 is 10.5 Å². The van der Waals surface area contributed by atoms with E-state index in [9.17, 15) is 0 Å². The molecule has 0 aliphatic rings. The standard InChI is InChI=1S/C10H23NO/c1-4-6-8-9(3)12-10(11)7-5-2/h9-10H,4-8,11H2,1-3H3. The van der Waals surface area contributed by atoms with Gasteiger partial charge in [-0.05, 0) is 19.8 Å².